The normalized spacial score (nSPS) is 13.2. The van der Waals surface area contributed by atoms with Crippen LogP contribution in [0.4, 0.5) is 20.2 Å². The van der Waals surface area contributed by atoms with Crippen LogP contribution in [0.15, 0.2) is 48.8 Å². The lowest BCUT2D eigenvalue weighted by atomic mass is 10.0. The molecule has 0 aliphatic heterocycles. The van der Waals surface area contributed by atoms with Crippen LogP contribution in [-0.2, 0) is 9.59 Å². The first kappa shape index (κ1) is 26.6. The molecule has 2 heterocycles. The Labute approximate surface area is 230 Å². The summed E-state index contributed by atoms with van der Waals surface area (Å²) in [5.74, 6) is -2.97. The Bertz CT molecular complexity index is 1700. The van der Waals surface area contributed by atoms with Crippen LogP contribution in [-0.4, -0.2) is 34.2 Å². The number of hydrogen-bond donors (Lipinski definition) is 3. The van der Waals surface area contributed by atoms with Gasteiger partial charge in [0.1, 0.15) is 28.9 Å². The molecule has 2 aromatic heterocycles. The highest BCUT2D eigenvalue weighted by Crippen LogP contribution is 2.47. The first-order chi connectivity index (χ1) is 19.2. The standard InChI is InChI=1S/C27H20F2N6O4S/c1-14-20-23(32-13-33-24(20)40-21(14)22(36)31-11-10-30)39-19-7-6-17(12-18(19)29)35-26(38)27(8-9-27)25(37)34-16-4-2-15(28)3-5-16/h2-7,12-13H,8-9,11H2,1H3,(H,31,36)(H,34,37)(H,35,38). The summed E-state index contributed by atoms with van der Waals surface area (Å²) in [6, 6.07) is 10.8. The zero-order valence-electron chi connectivity index (χ0n) is 20.9. The van der Waals surface area contributed by atoms with Crippen molar-refractivity contribution in [3.8, 4) is 17.7 Å². The molecule has 0 saturated heterocycles. The molecule has 0 unspecified atom stereocenters. The molecule has 3 N–H and O–H groups in total. The minimum atomic E-state index is -1.31. The molecule has 13 heteroatoms. The number of nitrogens with zero attached hydrogens (tertiary/aromatic N) is 3. The van der Waals surface area contributed by atoms with Gasteiger partial charge in [0, 0.05) is 17.4 Å². The molecule has 10 nitrogen and oxygen atoms in total. The van der Waals surface area contributed by atoms with E-state index in [0.717, 1.165) is 17.4 Å². The van der Waals surface area contributed by atoms with Crippen LogP contribution in [0.1, 0.15) is 28.1 Å². The molecule has 40 heavy (non-hydrogen) atoms. The summed E-state index contributed by atoms with van der Waals surface area (Å²) < 4.78 is 33.9. The van der Waals surface area contributed by atoms with E-state index in [1.165, 1.54) is 42.7 Å². The first-order valence-electron chi connectivity index (χ1n) is 12.0. The summed E-state index contributed by atoms with van der Waals surface area (Å²) in [6.07, 6.45) is 1.86. The van der Waals surface area contributed by atoms with E-state index < -0.39 is 34.8 Å². The maximum absolute atomic E-state index is 15.0. The van der Waals surface area contributed by atoms with Crippen LogP contribution in [0.5, 0.6) is 11.6 Å². The van der Waals surface area contributed by atoms with E-state index in [1.807, 2.05) is 6.07 Å². The van der Waals surface area contributed by atoms with E-state index >= 15 is 4.39 Å². The van der Waals surface area contributed by atoms with Gasteiger partial charge >= 0.3 is 0 Å². The highest BCUT2D eigenvalue weighted by atomic mass is 32.1. The molecular formula is C27H20F2N6O4S. The number of benzene rings is 2. The molecule has 1 fully saturated rings. The fraction of sp³-hybridized carbons (Fsp3) is 0.185. The molecule has 0 spiro atoms. The molecule has 0 radical (unpaired) electrons. The van der Waals surface area contributed by atoms with Crippen LogP contribution < -0.4 is 20.7 Å². The Morgan fingerprint density at radius 1 is 1.05 bits per heavy atom. The molecule has 2 aromatic carbocycles. The minimum Gasteiger partial charge on any atom is -0.435 e. The number of aromatic nitrogens is 2. The van der Waals surface area contributed by atoms with Crippen LogP contribution in [0.3, 0.4) is 0 Å². The monoisotopic (exact) mass is 562 g/mol. The van der Waals surface area contributed by atoms with Gasteiger partial charge in [-0.3, -0.25) is 14.4 Å². The van der Waals surface area contributed by atoms with Crippen molar-refractivity contribution in [3.63, 3.8) is 0 Å². The molecule has 5 rings (SSSR count). The predicted octanol–water partition coefficient (Wildman–Crippen LogP) is 4.68. The molecule has 1 aliphatic rings. The number of nitrogens with one attached hydrogen (secondary N) is 3. The van der Waals surface area contributed by atoms with E-state index in [2.05, 4.69) is 25.9 Å². The number of hydrogen-bond acceptors (Lipinski definition) is 8. The Hall–Kier alpha value is -4.96. The van der Waals surface area contributed by atoms with Gasteiger partial charge in [0.05, 0.1) is 16.3 Å². The third-order valence-corrected chi connectivity index (χ3v) is 7.54. The van der Waals surface area contributed by atoms with Gasteiger partial charge < -0.3 is 20.7 Å². The van der Waals surface area contributed by atoms with E-state index in [-0.39, 0.29) is 23.9 Å². The number of anilines is 2. The molecule has 3 amide bonds. The summed E-state index contributed by atoms with van der Waals surface area (Å²) in [6.45, 7) is 1.51. The van der Waals surface area contributed by atoms with Crippen molar-refractivity contribution in [2.24, 2.45) is 5.41 Å². The number of amides is 3. The fourth-order valence-electron chi connectivity index (χ4n) is 4.02. The number of carbonyl (C=O) groups excluding carboxylic acids is 3. The van der Waals surface area contributed by atoms with Gasteiger partial charge in [-0.15, -0.1) is 11.3 Å². The van der Waals surface area contributed by atoms with Crippen molar-refractivity contribution in [2.75, 3.05) is 17.2 Å². The summed E-state index contributed by atoms with van der Waals surface area (Å²) in [5.41, 5.74) is -0.316. The number of nitriles is 1. The molecule has 1 aliphatic carbocycles. The van der Waals surface area contributed by atoms with Gasteiger partial charge in [0.25, 0.3) is 5.91 Å². The number of carbonyl (C=O) groups is 3. The van der Waals surface area contributed by atoms with Crippen molar-refractivity contribution in [3.05, 3.63) is 70.9 Å². The second kappa shape index (κ2) is 10.7. The predicted molar refractivity (Wildman–Crippen MR) is 142 cm³/mol. The van der Waals surface area contributed by atoms with Gasteiger partial charge in [0.2, 0.25) is 17.7 Å². The zero-order chi connectivity index (χ0) is 28.4. The van der Waals surface area contributed by atoms with Crippen molar-refractivity contribution < 1.29 is 27.9 Å². The average molecular weight is 563 g/mol. The maximum atomic E-state index is 15.0. The lowest BCUT2D eigenvalue weighted by Gasteiger charge is -2.16. The number of rotatable bonds is 8. The third-order valence-electron chi connectivity index (χ3n) is 6.34. The van der Waals surface area contributed by atoms with Crippen LogP contribution in [0, 0.1) is 35.3 Å². The molecular weight excluding hydrogens is 542 g/mol. The van der Waals surface area contributed by atoms with Gasteiger partial charge in [-0.1, -0.05) is 0 Å². The summed E-state index contributed by atoms with van der Waals surface area (Å²) in [4.78, 5) is 47.1. The average Bonchev–Trinajstić information content (AvgIpc) is 3.69. The molecule has 0 atom stereocenters. The second-order valence-electron chi connectivity index (χ2n) is 9.00. The fourth-order valence-corrected chi connectivity index (χ4v) is 5.07. The third kappa shape index (κ3) is 5.16. The van der Waals surface area contributed by atoms with Crippen LogP contribution >= 0.6 is 11.3 Å². The summed E-state index contributed by atoms with van der Waals surface area (Å²) in [7, 11) is 0. The number of ether oxygens (including phenoxy) is 1. The Balaban J connectivity index is 1.30. The van der Waals surface area contributed by atoms with Crippen molar-refractivity contribution in [1.29, 1.82) is 5.26 Å². The smallest absolute Gasteiger partial charge is 0.262 e. The van der Waals surface area contributed by atoms with E-state index in [1.54, 1.807) is 6.92 Å². The molecule has 202 valence electrons. The number of aryl methyl sites for hydroxylation is 1. The lowest BCUT2D eigenvalue weighted by molar-refractivity contribution is -0.131. The van der Waals surface area contributed by atoms with Crippen molar-refractivity contribution in [1.82, 2.24) is 15.3 Å². The quantitative estimate of drug-likeness (QED) is 0.209. The molecule has 1 saturated carbocycles. The van der Waals surface area contributed by atoms with Gasteiger partial charge in [-0.25, -0.2) is 18.7 Å². The Kier molecular flexibility index (Phi) is 7.10. The molecule has 0 bridgehead atoms. The van der Waals surface area contributed by atoms with Crippen molar-refractivity contribution >= 4 is 50.6 Å². The Morgan fingerprint density at radius 2 is 1.73 bits per heavy atom. The Morgan fingerprint density at radius 3 is 2.38 bits per heavy atom. The van der Waals surface area contributed by atoms with E-state index in [9.17, 15) is 18.8 Å². The van der Waals surface area contributed by atoms with Gasteiger partial charge in [-0.05, 0) is 61.7 Å². The largest absolute Gasteiger partial charge is 0.435 e. The van der Waals surface area contributed by atoms with Gasteiger partial charge in [0.15, 0.2) is 11.6 Å². The minimum absolute atomic E-state index is 0.0307. The zero-order valence-corrected chi connectivity index (χ0v) is 21.7. The van der Waals surface area contributed by atoms with Crippen LogP contribution in [0.25, 0.3) is 10.2 Å². The van der Waals surface area contributed by atoms with Crippen molar-refractivity contribution in [2.45, 2.75) is 19.8 Å². The highest BCUT2D eigenvalue weighted by Gasteiger charge is 2.56. The molecule has 4 aromatic rings. The summed E-state index contributed by atoms with van der Waals surface area (Å²) in [5, 5.41) is 16.8. The highest BCUT2D eigenvalue weighted by molar-refractivity contribution is 7.20. The van der Waals surface area contributed by atoms with E-state index in [0.29, 0.717) is 39.2 Å². The topological polar surface area (TPSA) is 146 Å². The second-order valence-corrected chi connectivity index (χ2v) is 10.00. The number of fused-ring (bicyclic) bond motifs is 1. The lowest BCUT2D eigenvalue weighted by Crippen LogP contribution is -2.35. The maximum Gasteiger partial charge on any atom is 0.262 e. The number of halogens is 2. The summed E-state index contributed by atoms with van der Waals surface area (Å²) >= 11 is 1.09. The first-order valence-corrected chi connectivity index (χ1v) is 12.8. The van der Waals surface area contributed by atoms with Gasteiger partial charge in [-0.2, -0.15) is 5.26 Å². The number of thiophene rings is 1. The SMILES string of the molecule is Cc1c(C(=O)NCC#N)sc2ncnc(Oc3ccc(NC(=O)C4(C(=O)Nc5ccc(F)cc5)CC4)cc3F)c12. The van der Waals surface area contributed by atoms with Crippen LogP contribution in [0.2, 0.25) is 0 Å². The van der Waals surface area contributed by atoms with E-state index in [4.69, 9.17) is 10.00 Å².